The minimum absolute atomic E-state index is 0.0229. The highest BCUT2D eigenvalue weighted by Gasteiger charge is 2.26. The molecule has 0 saturated carbocycles. The third-order valence-corrected chi connectivity index (χ3v) is 3.07. The van der Waals surface area contributed by atoms with E-state index in [1.807, 2.05) is 6.92 Å². The molecule has 4 nitrogen and oxygen atoms in total. The summed E-state index contributed by atoms with van der Waals surface area (Å²) in [6, 6.07) is 0. The Labute approximate surface area is 123 Å². The summed E-state index contributed by atoms with van der Waals surface area (Å²) >= 11 is 0. The largest absolute Gasteiger partial charge is 0.385 e. The highest BCUT2D eigenvalue weighted by molar-refractivity contribution is 5.32. The number of nitrogens with one attached hydrogen (secondary N) is 1. The smallest absolute Gasteiger partial charge is 0.203 e. The van der Waals surface area contributed by atoms with Gasteiger partial charge in [0, 0.05) is 32.0 Å². The molecule has 0 saturated heterocycles. The van der Waals surface area contributed by atoms with Gasteiger partial charge in [0.25, 0.3) is 0 Å². The predicted molar refractivity (Wildman–Crippen MR) is 85.2 cm³/mol. The highest BCUT2D eigenvalue weighted by Crippen LogP contribution is 2.29. The Balaban J connectivity index is 2.75. The lowest BCUT2D eigenvalue weighted by Crippen LogP contribution is -2.36. The fourth-order valence-corrected chi connectivity index (χ4v) is 2.87. The maximum atomic E-state index is 5.12. The van der Waals surface area contributed by atoms with Crippen LogP contribution in [0.15, 0.2) is 6.20 Å². The first kappa shape index (κ1) is 17.0. The molecule has 0 aliphatic carbocycles. The number of rotatable bonds is 7. The lowest BCUT2D eigenvalue weighted by atomic mass is 9.82. The fourth-order valence-electron chi connectivity index (χ4n) is 2.87. The van der Waals surface area contributed by atoms with Gasteiger partial charge in [-0.1, -0.05) is 20.8 Å². The Hall–Kier alpha value is -1.03. The number of imidazole rings is 1. The van der Waals surface area contributed by atoms with E-state index in [0.717, 1.165) is 37.6 Å². The summed E-state index contributed by atoms with van der Waals surface area (Å²) in [5.74, 6) is 0.966. The molecule has 0 spiro atoms. The third kappa shape index (κ3) is 5.95. The number of ether oxygens (including phenoxy) is 1. The van der Waals surface area contributed by atoms with Gasteiger partial charge in [0.1, 0.15) is 0 Å². The number of anilines is 1. The van der Waals surface area contributed by atoms with Gasteiger partial charge in [-0.15, -0.1) is 0 Å². The van der Waals surface area contributed by atoms with Crippen LogP contribution in [0.3, 0.4) is 0 Å². The average Bonchev–Trinajstić information content (AvgIpc) is 2.54. The molecular weight excluding hydrogens is 250 g/mol. The minimum Gasteiger partial charge on any atom is -0.385 e. The summed E-state index contributed by atoms with van der Waals surface area (Å²) in [4.78, 5) is 4.62. The Kier molecular flexibility index (Phi) is 5.63. The zero-order valence-corrected chi connectivity index (χ0v) is 14.2. The van der Waals surface area contributed by atoms with Crippen molar-refractivity contribution < 1.29 is 4.74 Å². The molecule has 4 heteroatoms. The normalized spacial score (nSPS) is 12.8. The molecule has 1 heterocycles. The third-order valence-electron chi connectivity index (χ3n) is 3.07. The molecule has 116 valence electrons. The molecule has 0 aromatic carbocycles. The van der Waals surface area contributed by atoms with Crippen LogP contribution in [0.4, 0.5) is 5.95 Å². The molecule has 0 aliphatic heterocycles. The molecular formula is C16H31N3O. The summed E-state index contributed by atoms with van der Waals surface area (Å²) in [5, 5.41) is 3.60. The quantitative estimate of drug-likeness (QED) is 0.771. The van der Waals surface area contributed by atoms with Crippen LogP contribution in [-0.2, 0) is 11.3 Å². The van der Waals surface area contributed by atoms with Gasteiger partial charge in [0.2, 0.25) is 5.95 Å². The van der Waals surface area contributed by atoms with E-state index >= 15 is 0 Å². The molecule has 0 bridgehead atoms. The lowest BCUT2D eigenvalue weighted by molar-refractivity contribution is 0.190. The predicted octanol–water partition coefficient (Wildman–Crippen LogP) is 3.85. The Bertz CT molecular complexity index is 416. The molecule has 0 amide bonds. The monoisotopic (exact) mass is 281 g/mol. The molecule has 1 rings (SSSR count). The van der Waals surface area contributed by atoms with Crippen molar-refractivity contribution in [2.45, 2.75) is 66.5 Å². The van der Waals surface area contributed by atoms with Crippen molar-refractivity contribution in [2.24, 2.45) is 5.41 Å². The summed E-state index contributed by atoms with van der Waals surface area (Å²) in [6.45, 7) is 15.0. The second-order valence-corrected chi connectivity index (χ2v) is 7.49. The Morgan fingerprint density at radius 2 is 1.90 bits per heavy atom. The number of aryl methyl sites for hydroxylation is 2. The zero-order chi connectivity index (χ0) is 15.4. The first-order valence-corrected chi connectivity index (χ1v) is 7.44. The molecule has 1 aromatic heterocycles. The van der Waals surface area contributed by atoms with Crippen LogP contribution in [0.25, 0.3) is 0 Å². The molecule has 0 radical (unpaired) electrons. The molecule has 20 heavy (non-hydrogen) atoms. The van der Waals surface area contributed by atoms with Crippen LogP contribution in [0.5, 0.6) is 0 Å². The van der Waals surface area contributed by atoms with Crippen molar-refractivity contribution in [1.29, 1.82) is 0 Å². The first-order chi connectivity index (χ1) is 9.13. The topological polar surface area (TPSA) is 39.1 Å². The van der Waals surface area contributed by atoms with Crippen molar-refractivity contribution in [3.05, 3.63) is 11.9 Å². The van der Waals surface area contributed by atoms with E-state index in [1.165, 1.54) is 0 Å². The first-order valence-electron chi connectivity index (χ1n) is 7.44. The van der Waals surface area contributed by atoms with Gasteiger partial charge in [-0.25, -0.2) is 4.98 Å². The maximum Gasteiger partial charge on any atom is 0.203 e. The molecule has 1 N–H and O–H groups in total. The zero-order valence-electron chi connectivity index (χ0n) is 14.2. The standard InChI is InChI=1S/C16H31N3O/c1-13-11-19(9-8-10-20-7)14(17-13)18-16(5,6)12-15(2,3)4/h11H,8-10,12H2,1-7H3,(H,17,18). The second-order valence-electron chi connectivity index (χ2n) is 7.49. The molecule has 1 aromatic rings. The number of hydrogen-bond acceptors (Lipinski definition) is 3. The van der Waals surface area contributed by atoms with E-state index in [2.05, 4.69) is 55.7 Å². The van der Waals surface area contributed by atoms with Gasteiger partial charge >= 0.3 is 0 Å². The van der Waals surface area contributed by atoms with E-state index in [4.69, 9.17) is 4.74 Å². The van der Waals surface area contributed by atoms with Crippen LogP contribution in [0.2, 0.25) is 0 Å². The second kappa shape index (κ2) is 6.61. The van der Waals surface area contributed by atoms with Crippen LogP contribution >= 0.6 is 0 Å². The van der Waals surface area contributed by atoms with Crippen molar-refractivity contribution in [3.8, 4) is 0 Å². The highest BCUT2D eigenvalue weighted by atomic mass is 16.5. The number of nitrogens with zero attached hydrogens (tertiary/aromatic N) is 2. The van der Waals surface area contributed by atoms with Gasteiger partial charge in [-0.2, -0.15) is 0 Å². The van der Waals surface area contributed by atoms with Gasteiger partial charge in [0.05, 0.1) is 5.69 Å². The van der Waals surface area contributed by atoms with Crippen molar-refractivity contribution in [1.82, 2.24) is 9.55 Å². The number of aromatic nitrogens is 2. The van der Waals surface area contributed by atoms with E-state index in [-0.39, 0.29) is 5.54 Å². The minimum atomic E-state index is 0.0229. The molecule has 0 fully saturated rings. The Morgan fingerprint density at radius 3 is 2.45 bits per heavy atom. The molecule has 0 aliphatic rings. The molecule has 0 unspecified atom stereocenters. The number of hydrogen-bond donors (Lipinski definition) is 1. The fraction of sp³-hybridized carbons (Fsp3) is 0.812. The van der Waals surface area contributed by atoms with Crippen LogP contribution in [0.1, 0.15) is 53.2 Å². The number of methoxy groups -OCH3 is 1. The van der Waals surface area contributed by atoms with Crippen LogP contribution in [0, 0.1) is 12.3 Å². The van der Waals surface area contributed by atoms with Crippen LogP contribution < -0.4 is 5.32 Å². The van der Waals surface area contributed by atoms with Gasteiger partial charge in [-0.05, 0) is 39.0 Å². The van der Waals surface area contributed by atoms with Gasteiger partial charge in [0.15, 0.2) is 0 Å². The van der Waals surface area contributed by atoms with Crippen molar-refractivity contribution in [2.75, 3.05) is 19.0 Å². The maximum absolute atomic E-state index is 5.12. The van der Waals surface area contributed by atoms with Crippen molar-refractivity contribution >= 4 is 5.95 Å². The lowest BCUT2D eigenvalue weighted by Gasteiger charge is -2.33. The summed E-state index contributed by atoms with van der Waals surface area (Å²) in [5.41, 5.74) is 1.37. The van der Waals surface area contributed by atoms with E-state index in [9.17, 15) is 0 Å². The van der Waals surface area contributed by atoms with Crippen molar-refractivity contribution in [3.63, 3.8) is 0 Å². The summed E-state index contributed by atoms with van der Waals surface area (Å²) in [7, 11) is 1.74. The van der Waals surface area contributed by atoms with E-state index < -0.39 is 0 Å². The van der Waals surface area contributed by atoms with E-state index in [1.54, 1.807) is 7.11 Å². The van der Waals surface area contributed by atoms with Crippen LogP contribution in [-0.4, -0.2) is 28.8 Å². The summed E-state index contributed by atoms with van der Waals surface area (Å²) < 4.78 is 7.32. The SMILES string of the molecule is COCCCn1cc(C)nc1NC(C)(C)CC(C)(C)C. The van der Waals surface area contributed by atoms with Gasteiger partial charge in [-0.3, -0.25) is 0 Å². The van der Waals surface area contributed by atoms with E-state index in [0.29, 0.717) is 5.41 Å². The average molecular weight is 281 g/mol. The summed E-state index contributed by atoms with van der Waals surface area (Å²) in [6.07, 6.45) is 4.19. The Morgan fingerprint density at radius 1 is 1.25 bits per heavy atom. The molecule has 0 atom stereocenters. The van der Waals surface area contributed by atoms with Gasteiger partial charge < -0.3 is 14.6 Å².